The van der Waals surface area contributed by atoms with E-state index in [2.05, 4.69) is 33.5 Å². The third-order valence-electron chi connectivity index (χ3n) is 6.27. The molecular weight excluding hydrogens is 503 g/mol. The number of halogens is 1. The maximum atomic E-state index is 12.8. The van der Waals surface area contributed by atoms with Crippen molar-refractivity contribution in [1.82, 2.24) is 20.5 Å². The zero-order valence-corrected chi connectivity index (χ0v) is 21.7. The monoisotopic (exact) mass is 542 g/mol. The number of piperidine rings is 1. The molecule has 2 aliphatic rings. The van der Waals surface area contributed by atoms with E-state index >= 15 is 0 Å². The highest BCUT2D eigenvalue weighted by Crippen LogP contribution is 2.38. The minimum absolute atomic E-state index is 0. The van der Waals surface area contributed by atoms with Crippen LogP contribution in [0.25, 0.3) is 0 Å². The van der Waals surface area contributed by atoms with Gasteiger partial charge in [0.05, 0.1) is 12.0 Å². The number of nitrogens with zero attached hydrogens (tertiary/aromatic N) is 4. The van der Waals surface area contributed by atoms with Gasteiger partial charge in [0.1, 0.15) is 5.82 Å². The number of nitrogens with one attached hydrogen (secondary N) is 2. The Kier molecular flexibility index (Phi) is 10.3. The number of carbonyl (C=O) groups excluding carboxylic acids is 1. The molecule has 1 saturated carbocycles. The van der Waals surface area contributed by atoms with E-state index in [-0.39, 0.29) is 35.3 Å². The number of anilines is 1. The fourth-order valence-corrected chi connectivity index (χ4v) is 4.61. The molecule has 0 unspecified atom stereocenters. The Hall–Kier alpha value is -1.58. The van der Waals surface area contributed by atoms with Gasteiger partial charge in [-0.1, -0.05) is 12.8 Å². The van der Waals surface area contributed by atoms with Crippen LogP contribution in [0.2, 0.25) is 0 Å². The Bertz CT molecular complexity index is 727. The fourth-order valence-electron chi connectivity index (χ4n) is 4.61. The smallest absolute Gasteiger partial charge is 0.230 e. The van der Waals surface area contributed by atoms with Crippen molar-refractivity contribution < 1.29 is 4.79 Å². The lowest BCUT2D eigenvalue weighted by molar-refractivity contribution is -0.138. The van der Waals surface area contributed by atoms with Gasteiger partial charge in [0.15, 0.2) is 5.96 Å². The summed E-state index contributed by atoms with van der Waals surface area (Å²) in [4.78, 5) is 26.3. The number of aliphatic imine (C=N–C) groups is 1. The van der Waals surface area contributed by atoms with E-state index in [9.17, 15) is 4.79 Å². The molecule has 1 aliphatic heterocycles. The summed E-state index contributed by atoms with van der Waals surface area (Å²) in [5.74, 6) is 2.05. The van der Waals surface area contributed by atoms with Crippen LogP contribution in [0.3, 0.4) is 0 Å². The highest BCUT2D eigenvalue weighted by Gasteiger charge is 2.42. The predicted octanol–water partition coefficient (Wildman–Crippen LogP) is 3.39. The van der Waals surface area contributed by atoms with Crippen LogP contribution in [0.1, 0.15) is 57.4 Å². The molecule has 0 radical (unpaired) electrons. The topological polar surface area (TPSA) is 72.9 Å². The molecule has 1 aliphatic carbocycles. The summed E-state index contributed by atoms with van der Waals surface area (Å²) in [7, 11) is 3.70. The summed E-state index contributed by atoms with van der Waals surface area (Å²) in [5, 5.41) is 6.78. The van der Waals surface area contributed by atoms with Crippen LogP contribution < -0.4 is 15.5 Å². The number of amides is 1. The summed E-state index contributed by atoms with van der Waals surface area (Å²) >= 11 is 0. The van der Waals surface area contributed by atoms with Crippen molar-refractivity contribution in [3.8, 4) is 0 Å². The lowest BCUT2D eigenvalue weighted by atomic mass is 9.84. The van der Waals surface area contributed by atoms with Gasteiger partial charge in [-0.25, -0.2) is 9.98 Å². The van der Waals surface area contributed by atoms with Gasteiger partial charge in [-0.15, -0.1) is 24.0 Å². The van der Waals surface area contributed by atoms with Crippen molar-refractivity contribution in [3.63, 3.8) is 0 Å². The molecule has 0 atom stereocenters. The number of carbonyl (C=O) groups is 1. The largest absolute Gasteiger partial charge is 0.357 e. The lowest BCUT2D eigenvalue weighted by Gasteiger charge is -2.31. The molecule has 1 amide bonds. The fraction of sp³-hybridized carbons (Fsp3) is 0.696. The minimum atomic E-state index is -0.308. The third-order valence-corrected chi connectivity index (χ3v) is 6.27. The molecule has 8 heteroatoms. The molecular formula is C23H39IN6O. The second-order valence-corrected chi connectivity index (χ2v) is 8.81. The van der Waals surface area contributed by atoms with Crippen molar-refractivity contribution in [2.24, 2.45) is 10.4 Å². The van der Waals surface area contributed by atoms with E-state index in [0.717, 1.165) is 62.7 Å². The average Bonchev–Trinajstić information content (AvgIpc) is 3.26. The number of pyridine rings is 1. The van der Waals surface area contributed by atoms with Gasteiger partial charge < -0.3 is 20.4 Å². The van der Waals surface area contributed by atoms with E-state index in [1.807, 2.05) is 26.4 Å². The first kappa shape index (κ1) is 25.7. The van der Waals surface area contributed by atoms with Crippen LogP contribution in [-0.2, 0) is 11.3 Å². The normalized spacial score (nSPS) is 18.3. The van der Waals surface area contributed by atoms with Gasteiger partial charge in [0.2, 0.25) is 5.91 Å². The Balaban J connectivity index is 0.00000341. The molecule has 0 bridgehead atoms. The van der Waals surface area contributed by atoms with Crippen LogP contribution in [0.5, 0.6) is 0 Å². The minimum Gasteiger partial charge on any atom is -0.357 e. The summed E-state index contributed by atoms with van der Waals surface area (Å²) in [6.07, 6.45) is 9.81. The van der Waals surface area contributed by atoms with E-state index in [0.29, 0.717) is 13.1 Å². The maximum Gasteiger partial charge on any atom is 0.230 e. The van der Waals surface area contributed by atoms with Gasteiger partial charge >= 0.3 is 0 Å². The van der Waals surface area contributed by atoms with Crippen LogP contribution in [0, 0.1) is 5.41 Å². The maximum absolute atomic E-state index is 12.8. The Morgan fingerprint density at radius 2 is 1.87 bits per heavy atom. The molecule has 1 aromatic heterocycles. The highest BCUT2D eigenvalue weighted by molar-refractivity contribution is 14.0. The van der Waals surface area contributed by atoms with Gasteiger partial charge in [-0.05, 0) is 56.7 Å². The van der Waals surface area contributed by atoms with Gasteiger partial charge in [-0.3, -0.25) is 4.79 Å². The molecule has 0 spiro atoms. The number of guanidine groups is 1. The molecule has 2 heterocycles. The molecule has 2 fully saturated rings. The highest BCUT2D eigenvalue weighted by atomic mass is 127. The molecule has 1 saturated heterocycles. The first-order chi connectivity index (χ1) is 14.5. The van der Waals surface area contributed by atoms with E-state index in [1.165, 1.54) is 19.3 Å². The number of hydrogen-bond donors (Lipinski definition) is 2. The van der Waals surface area contributed by atoms with E-state index in [4.69, 9.17) is 4.99 Å². The first-order valence-corrected chi connectivity index (χ1v) is 11.5. The van der Waals surface area contributed by atoms with E-state index < -0.39 is 0 Å². The second kappa shape index (κ2) is 12.5. The molecule has 174 valence electrons. The van der Waals surface area contributed by atoms with Crippen molar-refractivity contribution in [1.29, 1.82) is 0 Å². The zero-order valence-electron chi connectivity index (χ0n) is 19.3. The predicted molar refractivity (Wildman–Crippen MR) is 138 cm³/mol. The summed E-state index contributed by atoms with van der Waals surface area (Å²) < 4.78 is 0. The number of aromatic nitrogens is 1. The van der Waals surface area contributed by atoms with Gasteiger partial charge in [0.25, 0.3) is 0 Å². The van der Waals surface area contributed by atoms with Crippen molar-refractivity contribution >= 4 is 41.7 Å². The van der Waals surface area contributed by atoms with Gasteiger partial charge in [-0.2, -0.15) is 0 Å². The standard InChI is InChI=1S/C23H38N6O.HI/c1-4-24-22(27-18-23(11-6-7-12-23)21(30)28(2)3)26-17-19-10-13-25-20(16-19)29-14-8-5-9-15-29;/h10,13,16H,4-9,11-12,14-15,17-18H2,1-3H3,(H2,24,26,27);1H. The van der Waals surface area contributed by atoms with Crippen LogP contribution in [0.4, 0.5) is 5.82 Å². The average molecular weight is 543 g/mol. The number of hydrogen-bond acceptors (Lipinski definition) is 4. The lowest BCUT2D eigenvalue weighted by Crippen LogP contribution is -2.49. The Morgan fingerprint density at radius 3 is 2.52 bits per heavy atom. The number of rotatable bonds is 7. The van der Waals surface area contributed by atoms with Crippen molar-refractivity contribution in [2.75, 3.05) is 45.2 Å². The Morgan fingerprint density at radius 1 is 1.16 bits per heavy atom. The molecule has 3 rings (SSSR count). The van der Waals surface area contributed by atoms with Crippen LogP contribution in [0.15, 0.2) is 23.3 Å². The molecule has 7 nitrogen and oxygen atoms in total. The quantitative estimate of drug-likeness (QED) is 0.314. The molecule has 0 aromatic carbocycles. The molecule has 1 aromatic rings. The summed E-state index contributed by atoms with van der Waals surface area (Å²) in [5.41, 5.74) is 0.848. The molecule has 31 heavy (non-hydrogen) atoms. The molecule has 2 N–H and O–H groups in total. The first-order valence-electron chi connectivity index (χ1n) is 11.5. The summed E-state index contributed by atoms with van der Waals surface area (Å²) in [6, 6.07) is 4.20. The van der Waals surface area contributed by atoms with Gasteiger partial charge in [0, 0.05) is 46.5 Å². The SMILES string of the molecule is CCNC(=NCc1ccnc(N2CCCCC2)c1)NCC1(C(=O)N(C)C)CCCC1.I. The van der Waals surface area contributed by atoms with Crippen LogP contribution >= 0.6 is 24.0 Å². The third kappa shape index (κ3) is 6.95. The zero-order chi connectivity index (χ0) is 21.4. The van der Waals surface area contributed by atoms with E-state index in [1.54, 1.807) is 4.90 Å². The second-order valence-electron chi connectivity index (χ2n) is 8.81. The van der Waals surface area contributed by atoms with Crippen LogP contribution in [-0.4, -0.2) is 62.0 Å². The summed E-state index contributed by atoms with van der Waals surface area (Å²) in [6.45, 7) is 6.25. The van der Waals surface area contributed by atoms with Crippen molar-refractivity contribution in [2.45, 2.75) is 58.4 Å². The van der Waals surface area contributed by atoms with Crippen molar-refractivity contribution in [3.05, 3.63) is 23.9 Å². The Labute approximate surface area is 204 Å².